The van der Waals surface area contributed by atoms with Crippen molar-refractivity contribution in [2.45, 2.75) is 4.90 Å². The summed E-state index contributed by atoms with van der Waals surface area (Å²) in [5.41, 5.74) is 5.27. The van der Waals surface area contributed by atoms with Gasteiger partial charge in [-0.05, 0) is 24.3 Å². The second-order valence-electron chi connectivity index (χ2n) is 6.96. The minimum Gasteiger partial charge on any atom is -0.289 e. The van der Waals surface area contributed by atoms with Gasteiger partial charge in [0.25, 0.3) is 11.8 Å². The van der Waals surface area contributed by atoms with Crippen molar-refractivity contribution in [1.82, 2.24) is 15.2 Å². The molecule has 0 saturated carbocycles. The van der Waals surface area contributed by atoms with Crippen LogP contribution in [0.1, 0.15) is 36.6 Å². The van der Waals surface area contributed by atoms with Gasteiger partial charge in [-0.3, -0.25) is 25.2 Å². The van der Waals surface area contributed by atoms with Gasteiger partial charge in [0.05, 0.1) is 10.5 Å². The number of hydrazine groups is 1. The molecular formula is C23H21N3O5S. The van der Waals surface area contributed by atoms with Crippen molar-refractivity contribution in [3.8, 4) is 0 Å². The molecule has 0 unspecified atom stereocenters. The lowest BCUT2D eigenvalue weighted by Gasteiger charge is -2.13. The monoisotopic (exact) mass is 451 g/mol. The molecule has 0 aliphatic rings. The highest BCUT2D eigenvalue weighted by molar-refractivity contribution is 7.89. The van der Waals surface area contributed by atoms with E-state index in [4.69, 9.17) is 0 Å². The summed E-state index contributed by atoms with van der Waals surface area (Å²) in [6.45, 7) is 0. The Morgan fingerprint density at radius 2 is 1.25 bits per heavy atom. The van der Waals surface area contributed by atoms with Crippen molar-refractivity contribution in [3.05, 3.63) is 101 Å². The summed E-state index contributed by atoms with van der Waals surface area (Å²) in [6, 6.07) is 20.2. The first-order valence-electron chi connectivity index (χ1n) is 9.54. The molecule has 32 heavy (non-hydrogen) atoms. The van der Waals surface area contributed by atoms with Crippen LogP contribution in [0.15, 0.2) is 83.8 Å². The summed E-state index contributed by atoms with van der Waals surface area (Å²) < 4.78 is 25.6. The van der Waals surface area contributed by atoms with Crippen LogP contribution in [-0.2, 0) is 10.0 Å². The molecule has 0 radical (unpaired) electrons. The average molecular weight is 452 g/mol. The van der Waals surface area contributed by atoms with E-state index in [1.807, 2.05) is 0 Å². The maximum Gasteiger partial charge on any atom is 0.270 e. The zero-order valence-electron chi connectivity index (χ0n) is 17.4. The number of ketones is 1. The zero-order chi connectivity index (χ0) is 23.3. The third-order valence-electron chi connectivity index (χ3n) is 4.62. The highest BCUT2D eigenvalue weighted by Gasteiger charge is 2.20. The molecule has 3 aromatic rings. The fourth-order valence-electron chi connectivity index (χ4n) is 2.89. The Morgan fingerprint density at radius 1 is 0.688 bits per heavy atom. The summed E-state index contributed by atoms with van der Waals surface area (Å²) in [6.07, 6.45) is 0. The largest absolute Gasteiger partial charge is 0.289 e. The van der Waals surface area contributed by atoms with Crippen molar-refractivity contribution >= 4 is 27.6 Å². The predicted octanol–water partition coefficient (Wildman–Crippen LogP) is 2.24. The first-order valence-corrected chi connectivity index (χ1v) is 11.0. The van der Waals surface area contributed by atoms with Crippen molar-refractivity contribution in [3.63, 3.8) is 0 Å². The van der Waals surface area contributed by atoms with E-state index in [9.17, 15) is 22.8 Å². The first-order chi connectivity index (χ1) is 15.2. The second-order valence-corrected chi connectivity index (χ2v) is 9.12. The van der Waals surface area contributed by atoms with Gasteiger partial charge in [-0.2, -0.15) is 0 Å². The first kappa shape index (κ1) is 22.9. The van der Waals surface area contributed by atoms with Crippen LogP contribution < -0.4 is 10.9 Å². The predicted molar refractivity (Wildman–Crippen MR) is 119 cm³/mol. The number of carbonyl (C=O) groups is 3. The zero-order valence-corrected chi connectivity index (χ0v) is 18.2. The SMILES string of the molecule is CN(C)S(=O)(=O)c1cccc(C(=O)NNC(=O)c2ccccc2C(=O)c2ccccc2)c1. The van der Waals surface area contributed by atoms with Gasteiger partial charge in [0.15, 0.2) is 5.78 Å². The van der Waals surface area contributed by atoms with Gasteiger partial charge in [-0.15, -0.1) is 0 Å². The van der Waals surface area contributed by atoms with Crippen LogP contribution in [0.2, 0.25) is 0 Å². The number of nitrogens with one attached hydrogen (secondary N) is 2. The van der Waals surface area contributed by atoms with E-state index in [2.05, 4.69) is 10.9 Å². The minimum absolute atomic E-state index is 0.0434. The maximum absolute atomic E-state index is 12.8. The Hall–Kier alpha value is -3.82. The van der Waals surface area contributed by atoms with E-state index < -0.39 is 21.8 Å². The summed E-state index contributed by atoms with van der Waals surface area (Å²) >= 11 is 0. The lowest BCUT2D eigenvalue weighted by atomic mass is 9.98. The summed E-state index contributed by atoms with van der Waals surface area (Å²) in [5, 5.41) is 0. The Morgan fingerprint density at radius 3 is 1.91 bits per heavy atom. The topological polar surface area (TPSA) is 113 Å². The van der Waals surface area contributed by atoms with Crippen molar-refractivity contribution in [2.75, 3.05) is 14.1 Å². The van der Waals surface area contributed by atoms with Gasteiger partial charge < -0.3 is 0 Å². The van der Waals surface area contributed by atoms with E-state index in [-0.39, 0.29) is 27.4 Å². The maximum atomic E-state index is 12.8. The Bertz CT molecular complexity index is 1270. The van der Waals surface area contributed by atoms with Crippen LogP contribution in [0.4, 0.5) is 0 Å². The van der Waals surface area contributed by atoms with Crippen LogP contribution in [-0.4, -0.2) is 44.4 Å². The minimum atomic E-state index is -3.72. The quantitative estimate of drug-likeness (QED) is 0.441. The van der Waals surface area contributed by atoms with Gasteiger partial charge >= 0.3 is 0 Å². The van der Waals surface area contributed by atoms with Crippen molar-refractivity contribution in [2.24, 2.45) is 0 Å². The number of amides is 2. The number of sulfonamides is 1. The lowest BCUT2D eigenvalue weighted by molar-refractivity contribution is 0.0844. The average Bonchev–Trinajstić information content (AvgIpc) is 2.82. The molecule has 8 nitrogen and oxygen atoms in total. The van der Waals surface area contributed by atoms with E-state index >= 15 is 0 Å². The molecule has 0 bridgehead atoms. The van der Waals surface area contributed by atoms with E-state index in [1.165, 1.54) is 50.5 Å². The third kappa shape index (κ3) is 4.90. The van der Waals surface area contributed by atoms with Gasteiger partial charge in [0.2, 0.25) is 10.0 Å². The number of hydrogen-bond acceptors (Lipinski definition) is 5. The third-order valence-corrected chi connectivity index (χ3v) is 6.43. The molecule has 0 atom stereocenters. The van der Waals surface area contributed by atoms with Crippen LogP contribution in [0.3, 0.4) is 0 Å². The summed E-state index contributed by atoms with van der Waals surface area (Å²) in [4.78, 5) is 37.9. The normalized spacial score (nSPS) is 11.1. The molecule has 0 aromatic heterocycles. The van der Waals surface area contributed by atoms with E-state index in [1.54, 1.807) is 42.5 Å². The van der Waals surface area contributed by atoms with Crippen molar-refractivity contribution in [1.29, 1.82) is 0 Å². The molecule has 9 heteroatoms. The molecule has 3 rings (SSSR count). The molecule has 2 amide bonds. The molecule has 0 aliphatic carbocycles. The van der Waals surface area contributed by atoms with Crippen LogP contribution >= 0.6 is 0 Å². The van der Waals surface area contributed by atoms with Gasteiger partial charge in [0.1, 0.15) is 0 Å². The van der Waals surface area contributed by atoms with Gasteiger partial charge in [-0.1, -0.05) is 54.6 Å². The number of nitrogens with zero attached hydrogens (tertiary/aromatic N) is 1. The molecule has 164 valence electrons. The Labute approximate surface area is 185 Å². The molecule has 3 aromatic carbocycles. The molecule has 0 saturated heterocycles. The van der Waals surface area contributed by atoms with Crippen molar-refractivity contribution < 1.29 is 22.8 Å². The molecule has 2 N–H and O–H groups in total. The van der Waals surface area contributed by atoms with Crippen LogP contribution in [0.5, 0.6) is 0 Å². The number of rotatable bonds is 6. The highest BCUT2D eigenvalue weighted by Crippen LogP contribution is 2.16. The molecular weight excluding hydrogens is 430 g/mol. The molecule has 0 spiro atoms. The smallest absolute Gasteiger partial charge is 0.270 e. The summed E-state index contributed by atoms with van der Waals surface area (Å²) in [7, 11) is -0.949. The fourth-order valence-corrected chi connectivity index (χ4v) is 3.83. The molecule has 0 heterocycles. The molecule has 0 aliphatic heterocycles. The van der Waals surface area contributed by atoms with E-state index in [0.717, 1.165) is 4.31 Å². The van der Waals surface area contributed by atoms with Crippen LogP contribution in [0.25, 0.3) is 0 Å². The van der Waals surface area contributed by atoms with Gasteiger partial charge in [-0.25, -0.2) is 12.7 Å². The Kier molecular flexibility index (Phi) is 6.82. The summed E-state index contributed by atoms with van der Waals surface area (Å²) in [5.74, 6) is -1.72. The van der Waals surface area contributed by atoms with E-state index in [0.29, 0.717) is 5.56 Å². The standard InChI is InChI=1S/C23H21N3O5S/c1-26(2)32(30,31)18-12-8-11-17(15-18)22(28)24-25-23(29)20-14-7-6-13-19(20)21(27)16-9-4-3-5-10-16/h3-15H,1-2H3,(H,24,28)(H,25,29). The molecule has 0 fully saturated rings. The Balaban J connectivity index is 1.76. The number of hydrogen-bond donors (Lipinski definition) is 2. The highest BCUT2D eigenvalue weighted by atomic mass is 32.2. The van der Waals surface area contributed by atoms with Gasteiger partial charge in [0, 0.05) is 30.8 Å². The fraction of sp³-hybridized carbons (Fsp3) is 0.0870. The number of carbonyl (C=O) groups excluding carboxylic acids is 3. The number of benzene rings is 3. The second kappa shape index (κ2) is 9.54. The lowest BCUT2D eigenvalue weighted by Crippen LogP contribution is -2.42. The van der Waals surface area contributed by atoms with Crippen LogP contribution in [0, 0.1) is 0 Å².